The number of carbonyl (C=O) groups is 2. The highest BCUT2D eigenvalue weighted by Gasteiger charge is 2.42. The van der Waals surface area contributed by atoms with E-state index in [-0.39, 0.29) is 25.0 Å². The minimum atomic E-state index is -4.08. The number of aromatic nitrogens is 4. The molecule has 4 heterocycles. The van der Waals surface area contributed by atoms with E-state index in [4.69, 9.17) is 19.7 Å². The molecule has 4 rings (SSSR count). The molecule has 0 aromatic carbocycles. The predicted octanol–water partition coefficient (Wildman–Crippen LogP) is 0.518. The van der Waals surface area contributed by atoms with Gasteiger partial charge in [0, 0.05) is 43.0 Å². The smallest absolute Gasteiger partial charge is 0.325 e. The Morgan fingerprint density at radius 1 is 1.31 bits per heavy atom. The van der Waals surface area contributed by atoms with Crippen LogP contribution < -0.4 is 26.6 Å². The monoisotopic (exact) mass is 606 g/mol. The number of amides is 3. The summed E-state index contributed by atoms with van der Waals surface area (Å²) in [5, 5.41) is 8.51. The maximum atomic E-state index is 12.8. The zero-order valence-corrected chi connectivity index (χ0v) is 24.7. The van der Waals surface area contributed by atoms with E-state index in [0.717, 1.165) is 0 Å². The van der Waals surface area contributed by atoms with E-state index in [1.54, 1.807) is 0 Å². The van der Waals surface area contributed by atoms with E-state index < -0.39 is 43.9 Å². The average Bonchev–Trinajstić information content (AvgIpc) is 3.56. The van der Waals surface area contributed by atoms with Crippen molar-refractivity contribution >= 4 is 36.5 Å². The van der Waals surface area contributed by atoms with Gasteiger partial charge >= 0.3 is 6.03 Å². The predicted molar refractivity (Wildman–Crippen MR) is 151 cm³/mol. The van der Waals surface area contributed by atoms with E-state index >= 15 is 0 Å². The third-order valence-corrected chi connectivity index (χ3v) is 8.29. The normalized spacial score (nSPS) is 24.3. The number of urea groups is 1. The van der Waals surface area contributed by atoms with Crippen molar-refractivity contribution in [2.24, 2.45) is 5.73 Å². The summed E-state index contributed by atoms with van der Waals surface area (Å²) in [6, 6.07) is -0.502. The highest BCUT2D eigenvalue weighted by Crippen LogP contribution is 2.43. The third kappa shape index (κ3) is 7.91. The molecule has 230 valence electrons. The number of nitrogens with two attached hydrogens (primary N) is 1. The lowest BCUT2D eigenvalue weighted by Crippen LogP contribution is -2.54. The van der Waals surface area contributed by atoms with Gasteiger partial charge in [-0.25, -0.2) is 19.7 Å². The lowest BCUT2D eigenvalue weighted by Gasteiger charge is -2.33. The van der Waals surface area contributed by atoms with Gasteiger partial charge in [0.25, 0.3) is 0 Å². The van der Waals surface area contributed by atoms with Crippen LogP contribution in [0.25, 0.3) is 11.2 Å². The lowest BCUT2D eigenvalue weighted by molar-refractivity contribution is -0.204. The molecule has 16 nitrogen and oxygen atoms in total. The first kappa shape index (κ1) is 31.5. The number of carbonyl (C=O) groups excluding carboxylic acids is 2. The fraction of sp³-hybridized carbons (Fsp3) is 0.560. The summed E-state index contributed by atoms with van der Waals surface area (Å²) in [6.07, 6.45) is 4.50. The molecular weight excluding hydrogens is 569 g/mol. The van der Waals surface area contributed by atoms with Crippen LogP contribution in [0.5, 0.6) is 0 Å². The SMILES string of the molecule is CC(C)OC1C[C@H](N2C=C(/C=C/C(=O)NCCNc3ncnc4nc[nH]c34)C(N)NC2=O)O[C@@H]1COP(=O)([O-])C(C)C. The van der Waals surface area contributed by atoms with Crippen LogP contribution in [0.1, 0.15) is 34.1 Å². The van der Waals surface area contributed by atoms with Crippen molar-refractivity contribution in [1.29, 1.82) is 0 Å². The van der Waals surface area contributed by atoms with Crippen molar-refractivity contribution in [1.82, 2.24) is 35.5 Å². The largest absolute Gasteiger partial charge is 0.778 e. The molecule has 2 aromatic rings. The van der Waals surface area contributed by atoms with Crippen molar-refractivity contribution in [2.75, 3.05) is 25.0 Å². The molecule has 0 saturated carbocycles. The Hall–Kier alpha value is -3.40. The fourth-order valence-electron chi connectivity index (χ4n) is 4.29. The van der Waals surface area contributed by atoms with Crippen molar-refractivity contribution < 1.29 is 33.0 Å². The Morgan fingerprint density at radius 2 is 2.10 bits per heavy atom. The van der Waals surface area contributed by atoms with Crippen LogP contribution in [0.15, 0.2) is 36.6 Å². The second-order valence-corrected chi connectivity index (χ2v) is 12.7. The van der Waals surface area contributed by atoms with Crippen LogP contribution in [0.4, 0.5) is 10.6 Å². The number of hydrogen-bond donors (Lipinski definition) is 5. The molecule has 0 spiro atoms. The number of nitrogens with one attached hydrogen (secondary N) is 4. The Labute approximate surface area is 243 Å². The van der Waals surface area contributed by atoms with E-state index in [1.165, 1.54) is 49.8 Å². The van der Waals surface area contributed by atoms with Gasteiger partial charge in [0.05, 0.1) is 25.1 Å². The second-order valence-electron chi connectivity index (χ2n) is 10.4. The maximum absolute atomic E-state index is 12.8. The maximum Gasteiger partial charge on any atom is 0.325 e. The van der Waals surface area contributed by atoms with Gasteiger partial charge in [-0.2, -0.15) is 0 Å². The molecule has 17 heteroatoms. The number of H-pyrrole nitrogens is 1. The number of ether oxygens (including phenoxy) is 2. The van der Waals surface area contributed by atoms with E-state index in [0.29, 0.717) is 35.6 Å². The van der Waals surface area contributed by atoms with Crippen LogP contribution in [0, 0.1) is 0 Å². The zero-order chi connectivity index (χ0) is 30.4. The summed E-state index contributed by atoms with van der Waals surface area (Å²) in [5.74, 6) is 0.206. The van der Waals surface area contributed by atoms with Crippen molar-refractivity contribution in [3.63, 3.8) is 0 Å². The second kappa shape index (κ2) is 13.7. The Balaban J connectivity index is 1.34. The molecule has 6 N–H and O–H groups in total. The first-order chi connectivity index (χ1) is 19.9. The summed E-state index contributed by atoms with van der Waals surface area (Å²) < 4.78 is 29.4. The van der Waals surface area contributed by atoms with Gasteiger partial charge < -0.3 is 50.1 Å². The minimum absolute atomic E-state index is 0.164. The molecule has 2 aromatic heterocycles. The fourth-order valence-corrected chi connectivity index (χ4v) is 4.94. The van der Waals surface area contributed by atoms with Gasteiger partial charge in [-0.05, 0) is 19.9 Å². The van der Waals surface area contributed by atoms with Gasteiger partial charge in [-0.1, -0.05) is 13.8 Å². The van der Waals surface area contributed by atoms with E-state index in [9.17, 15) is 19.0 Å². The van der Waals surface area contributed by atoms with Crippen LogP contribution in [0.2, 0.25) is 0 Å². The number of imidazole rings is 1. The number of rotatable bonds is 13. The number of hydrogen-bond acceptors (Lipinski definition) is 12. The van der Waals surface area contributed by atoms with Crippen LogP contribution in [-0.2, 0) is 23.4 Å². The van der Waals surface area contributed by atoms with Crippen LogP contribution in [0.3, 0.4) is 0 Å². The first-order valence-electron chi connectivity index (χ1n) is 13.6. The van der Waals surface area contributed by atoms with Gasteiger partial charge in [0.2, 0.25) is 5.91 Å². The average molecular weight is 607 g/mol. The molecule has 42 heavy (non-hydrogen) atoms. The number of nitrogens with zero attached hydrogens (tertiary/aromatic N) is 4. The lowest BCUT2D eigenvalue weighted by atomic mass is 10.1. The molecule has 0 bridgehead atoms. The van der Waals surface area contributed by atoms with Crippen molar-refractivity contribution in [3.8, 4) is 0 Å². The molecular formula is C25H37N9O7P-. The molecule has 0 aliphatic carbocycles. The summed E-state index contributed by atoms with van der Waals surface area (Å²) in [6.45, 7) is 7.23. The van der Waals surface area contributed by atoms with Gasteiger partial charge in [-0.3, -0.25) is 9.69 Å². The highest BCUT2D eigenvalue weighted by atomic mass is 31.2. The zero-order valence-electron chi connectivity index (χ0n) is 23.9. The molecule has 0 radical (unpaired) electrons. The standard InChI is InChI=1S/C25H38N9O7P/c1-14(2)40-17-9-20(41-18(17)11-39-42(37,38)15(3)4)34-10-16(22(26)33-25(34)36)5-6-19(35)27-7-8-28-23-21-24(30-12-29-21)32-13-31-23/h5-6,10,12-15,17-18,20,22H,7-9,11,26H2,1-4H3,(H,27,35)(H,33,36)(H,37,38)(H2,28,29,30,31,32)/p-1/b6-5+/t17?,18-,20-,22?/m1/s1. The molecule has 3 amide bonds. The van der Waals surface area contributed by atoms with Crippen molar-refractivity contribution in [3.05, 3.63) is 36.6 Å². The Kier molecular flexibility index (Phi) is 10.3. The Bertz CT molecular complexity index is 1360. The summed E-state index contributed by atoms with van der Waals surface area (Å²) >= 11 is 0. The topological polar surface area (TPSA) is 222 Å². The molecule has 1 saturated heterocycles. The van der Waals surface area contributed by atoms with E-state index in [1.807, 2.05) is 13.8 Å². The molecule has 1 fully saturated rings. The number of anilines is 1. The van der Waals surface area contributed by atoms with Crippen LogP contribution in [-0.4, -0.2) is 92.8 Å². The molecule has 2 aliphatic heterocycles. The molecule has 5 atom stereocenters. The molecule has 2 aliphatic rings. The van der Waals surface area contributed by atoms with Gasteiger partial charge in [-0.15, -0.1) is 0 Å². The summed E-state index contributed by atoms with van der Waals surface area (Å²) in [4.78, 5) is 54.0. The minimum Gasteiger partial charge on any atom is -0.778 e. The molecule has 3 unspecified atom stereocenters. The number of fused-ring (bicyclic) bond motifs is 1. The quantitative estimate of drug-likeness (QED) is 0.120. The summed E-state index contributed by atoms with van der Waals surface area (Å²) in [7, 11) is -4.08. The third-order valence-electron chi connectivity index (χ3n) is 6.52. The highest BCUT2D eigenvalue weighted by molar-refractivity contribution is 7.52. The summed E-state index contributed by atoms with van der Waals surface area (Å²) in [5.41, 5.74) is 7.06. The van der Waals surface area contributed by atoms with Crippen LogP contribution >= 0.6 is 7.60 Å². The number of aromatic amines is 1. The van der Waals surface area contributed by atoms with Crippen molar-refractivity contribution in [2.45, 2.75) is 70.5 Å². The first-order valence-corrected chi connectivity index (χ1v) is 15.2. The van der Waals surface area contributed by atoms with Gasteiger partial charge in [0.15, 0.2) is 11.5 Å². The van der Waals surface area contributed by atoms with Gasteiger partial charge in [0.1, 0.15) is 37.9 Å². The van der Waals surface area contributed by atoms with E-state index in [2.05, 4.69) is 35.9 Å². The Morgan fingerprint density at radius 3 is 2.83 bits per heavy atom.